The Hall–Kier alpha value is -1.85. The van der Waals surface area contributed by atoms with E-state index < -0.39 is 12.0 Å². The molecule has 0 radical (unpaired) electrons. The summed E-state index contributed by atoms with van der Waals surface area (Å²) < 4.78 is 4.88. The fourth-order valence-corrected chi connectivity index (χ4v) is 1.12. The van der Waals surface area contributed by atoms with Crippen LogP contribution in [0.25, 0.3) is 0 Å². The standard InChI is InChI=1S/C9H12N2O4/c1-6(4-9(13)14)11-7(12)5-8-10-2-3-15-8/h2-3,6H,4-5H2,1H3,(H,11,12)(H,13,14). The predicted molar refractivity (Wildman–Crippen MR) is 50.1 cm³/mol. The first-order valence-corrected chi connectivity index (χ1v) is 4.47. The van der Waals surface area contributed by atoms with Crippen molar-refractivity contribution in [2.75, 3.05) is 0 Å². The molecule has 0 bridgehead atoms. The molecule has 0 aliphatic rings. The summed E-state index contributed by atoms with van der Waals surface area (Å²) in [5.41, 5.74) is 0. The van der Waals surface area contributed by atoms with Gasteiger partial charge in [0.1, 0.15) is 12.7 Å². The number of hydrogen-bond acceptors (Lipinski definition) is 4. The molecule has 1 heterocycles. The minimum absolute atomic E-state index is 0.0248. The predicted octanol–water partition coefficient (Wildman–Crippen LogP) is 0.196. The summed E-state index contributed by atoms with van der Waals surface area (Å²) in [7, 11) is 0. The van der Waals surface area contributed by atoms with Crippen molar-refractivity contribution in [1.82, 2.24) is 10.3 Å². The lowest BCUT2D eigenvalue weighted by atomic mass is 10.2. The molecule has 1 unspecified atom stereocenters. The van der Waals surface area contributed by atoms with Gasteiger partial charge >= 0.3 is 5.97 Å². The molecule has 1 aromatic heterocycles. The maximum Gasteiger partial charge on any atom is 0.305 e. The Bertz CT molecular complexity index is 334. The molecular weight excluding hydrogens is 200 g/mol. The van der Waals surface area contributed by atoms with E-state index in [1.807, 2.05) is 0 Å². The van der Waals surface area contributed by atoms with E-state index in [1.165, 1.54) is 12.5 Å². The van der Waals surface area contributed by atoms with E-state index in [0.29, 0.717) is 5.89 Å². The van der Waals surface area contributed by atoms with Crippen molar-refractivity contribution in [2.24, 2.45) is 0 Å². The molecule has 0 fully saturated rings. The van der Waals surface area contributed by atoms with E-state index in [1.54, 1.807) is 6.92 Å². The van der Waals surface area contributed by atoms with Crippen LogP contribution in [0.3, 0.4) is 0 Å². The van der Waals surface area contributed by atoms with Crippen molar-refractivity contribution in [3.05, 3.63) is 18.4 Å². The molecule has 2 N–H and O–H groups in total. The van der Waals surface area contributed by atoms with E-state index in [-0.39, 0.29) is 18.7 Å². The summed E-state index contributed by atoms with van der Waals surface area (Å²) >= 11 is 0. The number of aromatic nitrogens is 1. The maximum absolute atomic E-state index is 11.3. The summed E-state index contributed by atoms with van der Waals surface area (Å²) in [5, 5.41) is 11.0. The Morgan fingerprint density at radius 3 is 2.93 bits per heavy atom. The molecule has 0 aliphatic carbocycles. The van der Waals surface area contributed by atoms with Crippen LogP contribution in [-0.4, -0.2) is 28.0 Å². The SMILES string of the molecule is CC(CC(=O)O)NC(=O)Cc1ncco1. The van der Waals surface area contributed by atoms with Gasteiger partial charge in [0, 0.05) is 6.04 Å². The van der Waals surface area contributed by atoms with Crippen LogP contribution in [0.2, 0.25) is 0 Å². The van der Waals surface area contributed by atoms with Gasteiger partial charge in [0.15, 0.2) is 0 Å². The van der Waals surface area contributed by atoms with Crippen LogP contribution in [0.4, 0.5) is 0 Å². The van der Waals surface area contributed by atoms with Crippen LogP contribution in [0, 0.1) is 0 Å². The van der Waals surface area contributed by atoms with Crippen molar-refractivity contribution in [3.63, 3.8) is 0 Å². The Morgan fingerprint density at radius 2 is 2.40 bits per heavy atom. The van der Waals surface area contributed by atoms with Gasteiger partial charge in [-0.15, -0.1) is 0 Å². The second-order valence-electron chi connectivity index (χ2n) is 3.17. The average Bonchev–Trinajstić information content (AvgIpc) is 2.53. The van der Waals surface area contributed by atoms with E-state index >= 15 is 0 Å². The van der Waals surface area contributed by atoms with Crippen molar-refractivity contribution in [3.8, 4) is 0 Å². The summed E-state index contributed by atoms with van der Waals surface area (Å²) in [6.07, 6.45) is 2.75. The second kappa shape index (κ2) is 5.14. The number of carbonyl (C=O) groups is 2. The van der Waals surface area contributed by atoms with Gasteiger partial charge in [-0.2, -0.15) is 0 Å². The molecule has 82 valence electrons. The van der Waals surface area contributed by atoms with Gasteiger partial charge in [-0.05, 0) is 6.92 Å². The topological polar surface area (TPSA) is 92.4 Å². The summed E-state index contributed by atoms with van der Waals surface area (Å²) in [6.45, 7) is 1.63. The van der Waals surface area contributed by atoms with Gasteiger partial charge < -0.3 is 14.8 Å². The fraction of sp³-hybridized carbons (Fsp3) is 0.444. The smallest absolute Gasteiger partial charge is 0.305 e. The first kappa shape index (κ1) is 11.2. The monoisotopic (exact) mass is 212 g/mol. The second-order valence-corrected chi connectivity index (χ2v) is 3.17. The van der Waals surface area contributed by atoms with Crippen LogP contribution >= 0.6 is 0 Å². The highest BCUT2D eigenvalue weighted by atomic mass is 16.4. The summed E-state index contributed by atoms with van der Waals surface area (Å²) in [5.74, 6) is -0.930. The van der Waals surface area contributed by atoms with Gasteiger partial charge in [-0.1, -0.05) is 0 Å². The van der Waals surface area contributed by atoms with Crippen molar-refractivity contribution >= 4 is 11.9 Å². The molecule has 0 saturated heterocycles. The number of oxazole rings is 1. The van der Waals surface area contributed by atoms with Crippen molar-refractivity contribution < 1.29 is 19.1 Å². The third-order valence-electron chi connectivity index (χ3n) is 1.68. The van der Waals surface area contributed by atoms with Crippen molar-refractivity contribution in [1.29, 1.82) is 0 Å². The number of amides is 1. The first-order valence-electron chi connectivity index (χ1n) is 4.47. The molecule has 1 rings (SSSR count). The zero-order valence-corrected chi connectivity index (χ0v) is 8.27. The molecule has 0 spiro atoms. The lowest BCUT2D eigenvalue weighted by Crippen LogP contribution is -2.35. The number of nitrogens with zero attached hydrogens (tertiary/aromatic N) is 1. The van der Waals surface area contributed by atoms with Gasteiger partial charge in [-0.3, -0.25) is 9.59 Å². The minimum Gasteiger partial charge on any atom is -0.481 e. The zero-order chi connectivity index (χ0) is 11.3. The molecule has 0 saturated carbocycles. The van der Waals surface area contributed by atoms with Crippen molar-refractivity contribution in [2.45, 2.75) is 25.8 Å². The quantitative estimate of drug-likeness (QED) is 0.727. The van der Waals surface area contributed by atoms with Gasteiger partial charge in [0.05, 0.1) is 12.6 Å². The third kappa shape index (κ3) is 4.26. The molecule has 1 aromatic rings. The number of carboxylic acid groups (broad SMARTS) is 1. The molecule has 6 heteroatoms. The fourth-order valence-electron chi connectivity index (χ4n) is 1.12. The largest absolute Gasteiger partial charge is 0.481 e. The minimum atomic E-state index is -0.945. The molecule has 1 atom stereocenters. The summed E-state index contributed by atoms with van der Waals surface area (Å²) in [4.78, 5) is 25.4. The van der Waals surface area contributed by atoms with Crippen LogP contribution in [0.5, 0.6) is 0 Å². The highest BCUT2D eigenvalue weighted by Gasteiger charge is 2.12. The molecule has 0 aromatic carbocycles. The Labute approximate surface area is 86.3 Å². The highest BCUT2D eigenvalue weighted by molar-refractivity contribution is 5.78. The van der Waals surface area contributed by atoms with Crippen LogP contribution in [0.1, 0.15) is 19.2 Å². The number of aliphatic carboxylic acids is 1. The number of carboxylic acids is 1. The molecular formula is C9H12N2O4. The lowest BCUT2D eigenvalue weighted by Gasteiger charge is -2.10. The lowest BCUT2D eigenvalue weighted by molar-refractivity contribution is -0.137. The molecule has 6 nitrogen and oxygen atoms in total. The van der Waals surface area contributed by atoms with E-state index in [9.17, 15) is 9.59 Å². The Balaban J connectivity index is 2.33. The molecule has 0 aliphatic heterocycles. The van der Waals surface area contributed by atoms with Crippen LogP contribution < -0.4 is 5.32 Å². The van der Waals surface area contributed by atoms with Gasteiger partial charge in [0.25, 0.3) is 0 Å². The number of nitrogens with one attached hydrogen (secondary N) is 1. The average molecular weight is 212 g/mol. The van der Waals surface area contributed by atoms with E-state index in [0.717, 1.165) is 0 Å². The number of hydrogen-bond donors (Lipinski definition) is 2. The molecule has 1 amide bonds. The first-order chi connectivity index (χ1) is 7.08. The summed E-state index contributed by atoms with van der Waals surface area (Å²) in [6, 6.07) is -0.398. The Morgan fingerprint density at radius 1 is 1.67 bits per heavy atom. The number of rotatable bonds is 5. The Kier molecular flexibility index (Phi) is 3.84. The maximum atomic E-state index is 11.3. The third-order valence-corrected chi connectivity index (χ3v) is 1.68. The van der Waals surface area contributed by atoms with E-state index in [4.69, 9.17) is 9.52 Å². The molecule has 15 heavy (non-hydrogen) atoms. The van der Waals surface area contributed by atoms with E-state index in [2.05, 4.69) is 10.3 Å². The zero-order valence-electron chi connectivity index (χ0n) is 8.27. The number of carbonyl (C=O) groups excluding carboxylic acids is 1. The highest BCUT2D eigenvalue weighted by Crippen LogP contribution is 1.97. The van der Waals surface area contributed by atoms with Gasteiger partial charge in [0.2, 0.25) is 11.8 Å². The normalized spacial score (nSPS) is 12.1. The van der Waals surface area contributed by atoms with Crippen LogP contribution in [0.15, 0.2) is 16.9 Å². The van der Waals surface area contributed by atoms with Gasteiger partial charge in [-0.25, -0.2) is 4.98 Å². The van der Waals surface area contributed by atoms with Crippen LogP contribution in [-0.2, 0) is 16.0 Å².